The minimum Gasteiger partial charge on any atom is -0.381 e. The first-order chi connectivity index (χ1) is 13.5. The SMILES string of the molecule is CCNC(=NCc1sc(C)nc1C)NCC1(c2ccccc2Cl)CCOCC1. The van der Waals surface area contributed by atoms with Gasteiger partial charge < -0.3 is 15.4 Å². The molecule has 1 fully saturated rings. The summed E-state index contributed by atoms with van der Waals surface area (Å²) in [6.07, 6.45) is 1.88. The number of nitrogens with one attached hydrogen (secondary N) is 2. The van der Waals surface area contributed by atoms with Gasteiger partial charge in [0.2, 0.25) is 0 Å². The smallest absolute Gasteiger partial charge is 0.191 e. The van der Waals surface area contributed by atoms with E-state index in [1.54, 1.807) is 11.3 Å². The van der Waals surface area contributed by atoms with Gasteiger partial charge in [0.05, 0.1) is 17.2 Å². The number of nitrogens with zero attached hydrogens (tertiary/aromatic N) is 2. The predicted molar refractivity (Wildman–Crippen MR) is 118 cm³/mol. The molecule has 0 radical (unpaired) electrons. The number of rotatable bonds is 6. The Kier molecular flexibility index (Phi) is 7.32. The minimum atomic E-state index is -0.0518. The fourth-order valence-corrected chi connectivity index (χ4v) is 4.86. The van der Waals surface area contributed by atoms with E-state index < -0.39 is 0 Å². The monoisotopic (exact) mass is 420 g/mol. The van der Waals surface area contributed by atoms with Crippen LogP contribution in [0.1, 0.15) is 40.9 Å². The maximum absolute atomic E-state index is 6.56. The molecule has 0 unspecified atom stereocenters. The summed E-state index contributed by atoms with van der Waals surface area (Å²) in [5, 5.41) is 8.83. The molecular formula is C21H29ClN4OS. The Morgan fingerprint density at radius 3 is 2.64 bits per heavy atom. The summed E-state index contributed by atoms with van der Waals surface area (Å²) in [7, 11) is 0. The second-order valence-corrected chi connectivity index (χ2v) is 8.86. The van der Waals surface area contributed by atoms with Crippen molar-refractivity contribution in [3.8, 4) is 0 Å². The molecule has 2 heterocycles. The average molecular weight is 421 g/mol. The second-order valence-electron chi connectivity index (χ2n) is 7.16. The molecule has 0 amide bonds. The van der Waals surface area contributed by atoms with Crippen molar-refractivity contribution in [2.45, 2.75) is 45.6 Å². The molecule has 0 saturated carbocycles. The summed E-state index contributed by atoms with van der Waals surface area (Å²) < 4.78 is 5.64. The first-order valence-electron chi connectivity index (χ1n) is 9.82. The molecule has 1 aromatic heterocycles. The third-order valence-electron chi connectivity index (χ3n) is 5.21. The van der Waals surface area contributed by atoms with Crippen LogP contribution in [0.5, 0.6) is 0 Å². The van der Waals surface area contributed by atoms with Gasteiger partial charge >= 0.3 is 0 Å². The van der Waals surface area contributed by atoms with Gasteiger partial charge in [0, 0.05) is 41.6 Å². The second kappa shape index (κ2) is 9.72. The molecule has 0 atom stereocenters. The van der Waals surface area contributed by atoms with Crippen LogP contribution in [-0.2, 0) is 16.7 Å². The zero-order chi connectivity index (χ0) is 20.0. The lowest BCUT2D eigenvalue weighted by Gasteiger charge is -2.38. The molecule has 7 heteroatoms. The zero-order valence-electron chi connectivity index (χ0n) is 16.8. The number of guanidine groups is 1. The van der Waals surface area contributed by atoms with E-state index in [0.29, 0.717) is 6.54 Å². The van der Waals surface area contributed by atoms with Crippen molar-refractivity contribution in [2.24, 2.45) is 4.99 Å². The predicted octanol–water partition coefficient (Wildman–Crippen LogP) is 4.22. The van der Waals surface area contributed by atoms with Crippen molar-refractivity contribution in [3.05, 3.63) is 50.4 Å². The Balaban J connectivity index is 1.77. The van der Waals surface area contributed by atoms with Crippen LogP contribution >= 0.6 is 22.9 Å². The molecule has 0 spiro atoms. The third kappa shape index (κ3) is 5.04. The van der Waals surface area contributed by atoms with Crippen LogP contribution in [0.15, 0.2) is 29.3 Å². The molecule has 0 bridgehead atoms. The Hall–Kier alpha value is -1.63. The standard InChI is InChI=1S/C21H29ClN4OS/c1-4-23-20(24-13-19-15(2)26-16(3)28-19)25-14-21(9-11-27-12-10-21)17-7-5-6-8-18(17)22/h5-8H,4,9-14H2,1-3H3,(H2,23,24,25). The van der Waals surface area contributed by atoms with E-state index in [1.165, 1.54) is 10.4 Å². The molecule has 1 saturated heterocycles. The van der Waals surface area contributed by atoms with Gasteiger partial charge in [-0.25, -0.2) is 9.98 Å². The molecule has 1 aromatic carbocycles. The van der Waals surface area contributed by atoms with Gasteiger partial charge in [-0.1, -0.05) is 29.8 Å². The lowest BCUT2D eigenvalue weighted by Crippen LogP contribution is -2.48. The van der Waals surface area contributed by atoms with Gasteiger partial charge in [0.25, 0.3) is 0 Å². The summed E-state index contributed by atoms with van der Waals surface area (Å²) >= 11 is 8.28. The highest BCUT2D eigenvalue weighted by Crippen LogP contribution is 2.38. The van der Waals surface area contributed by atoms with Gasteiger partial charge in [-0.15, -0.1) is 11.3 Å². The van der Waals surface area contributed by atoms with Crippen molar-refractivity contribution in [3.63, 3.8) is 0 Å². The summed E-state index contributed by atoms with van der Waals surface area (Å²) in [5.74, 6) is 0.825. The molecule has 0 aliphatic carbocycles. The minimum absolute atomic E-state index is 0.0518. The normalized spacial score (nSPS) is 16.8. The Morgan fingerprint density at radius 2 is 2.00 bits per heavy atom. The lowest BCUT2D eigenvalue weighted by molar-refractivity contribution is 0.0514. The van der Waals surface area contributed by atoms with E-state index in [1.807, 2.05) is 26.0 Å². The van der Waals surface area contributed by atoms with Crippen LogP contribution < -0.4 is 10.6 Å². The van der Waals surface area contributed by atoms with E-state index in [-0.39, 0.29) is 5.41 Å². The molecule has 1 aliphatic heterocycles. The first-order valence-corrected chi connectivity index (χ1v) is 11.0. The fourth-order valence-electron chi connectivity index (χ4n) is 3.66. The number of aliphatic imine (C=N–C) groups is 1. The van der Waals surface area contributed by atoms with Crippen LogP contribution in [0.25, 0.3) is 0 Å². The van der Waals surface area contributed by atoms with Gasteiger partial charge in [0.1, 0.15) is 0 Å². The summed E-state index contributed by atoms with van der Waals surface area (Å²) in [4.78, 5) is 10.5. The summed E-state index contributed by atoms with van der Waals surface area (Å²) in [6, 6.07) is 8.16. The van der Waals surface area contributed by atoms with Crippen LogP contribution in [0, 0.1) is 13.8 Å². The Morgan fingerprint density at radius 1 is 1.25 bits per heavy atom. The molecule has 5 nitrogen and oxygen atoms in total. The van der Waals surface area contributed by atoms with E-state index >= 15 is 0 Å². The summed E-state index contributed by atoms with van der Waals surface area (Å²) in [5.41, 5.74) is 2.21. The number of aromatic nitrogens is 1. The quantitative estimate of drug-likeness (QED) is 0.542. The van der Waals surface area contributed by atoms with E-state index in [0.717, 1.165) is 60.8 Å². The Labute approximate surface area is 176 Å². The van der Waals surface area contributed by atoms with Crippen LogP contribution in [0.4, 0.5) is 0 Å². The number of aryl methyl sites for hydroxylation is 2. The molecule has 3 rings (SSSR count). The van der Waals surface area contributed by atoms with Gasteiger partial charge in [0.15, 0.2) is 5.96 Å². The first kappa shape index (κ1) is 21.1. The molecular weight excluding hydrogens is 392 g/mol. The highest BCUT2D eigenvalue weighted by molar-refractivity contribution is 7.11. The number of hydrogen-bond acceptors (Lipinski definition) is 4. The van der Waals surface area contributed by atoms with Crippen molar-refractivity contribution in [1.29, 1.82) is 0 Å². The number of thiazole rings is 1. The molecule has 2 N–H and O–H groups in total. The maximum atomic E-state index is 6.56. The van der Waals surface area contributed by atoms with Crippen LogP contribution in [0.3, 0.4) is 0 Å². The topological polar surface area (TPSA) is 58.5 Å². The highest BCUT2D eigenvalue weighted by atomic mass is 35.5. The number of ether oxygens (including phenoxy) is 1. The number of benzene rings is 1. The molecule has 2 aromatic rings. The fraction of sp³-hybridized carbons (Fsp3) is 0.524. The van der Waals surface area contributed by atoms with Gasteiger partial charge in [-0.3, -0.25) is 0 Å². The zero-order valence-corrected chi connectivity index (χ0v) is 18.4. The maximum Gasteiger partial charge on any atom is 0.191 e. The Bertz CT molecular complexity index is 814. The van der Waals surface area contributed by atoms with Crippen molar-refractivity contribution >= 4 is 28.9 Å². The number of hydrogen-bond donors (Lipinski definition) is 2. The van der Waals surface area contributed by atoms with Crippen molar-refractivity contribution in [1.82, 2.24) is 15.6 Å². The van der Waals surface area contributed by atoms with E-state index in [4.69, 9.17) is 21.3 Å². The van der Waals surface area contributed by atoms with E-state index in [2.05, 4.69) is 34.7 Å². The highest BCUT2D eigenvalue weighted by Gasteiger charge is 2.36. The largest absolute Gasteiger partial charge is 0.381 e. The lowest BCUT2D eigenvalue weighted by atomic mass is 9.74. The molecule has 152 valence electrons. The van der Waals surface area contributed by atoms with E-state index in [9.17, 15) is 0 Å². The molecule has 1 aliphatic rings. The van der Waals surface area contributed by atoms with Gasteiger partial charge in [-0.05, 0) is 45.2 Å². The summed E-state index contributed by atoms with van der Waals surface area (Å²) in [6.45, 7) is 9.88. The van der Waals surface area contributed by atoms with Crippen molar-refractivity contribution < 1.29 is 4.74 Å². The third-order valence-corrected chi connectivity index (χ3v) is 6.60. The van der Waals surface area contributed by atoms with Crippen LogP contribution in [-0.4, -0.2) is 37.2 Å². The average Bonchev–Trinajstić information content (AvgIpc) is 3.02. The number of halogens is 1. The molecule has 28 heavy (non-hydrogen) atoms. The van der Waals surface area contributed by atoms with Crippen LogP contribution in [0.2, 0.25) is 5.02 Å². The van der Waals surface area contributed by atoms with Crippen molar-refractivity contribution in [2.75, 3.05) is 26.3 Å². The van der Waals surface area contributed by atoms with Gasteiger partial charge in [-0.2, -0.15) is 0 Å².